The zero-order chi connectivity index (χ0) is 16.9. The Labute approximate surface area is 141 Å². The Morgan fingerprint density at radius 1 is 1.17 bits per heavy atom. The molecule has 24 heavy (non-hydrogen) atoms. The highest BCUT2D eigenvalue weighted by molar-refractivity contribution is 5.92. The summed E-state index contributed by atoms with van der Waals surface area (Å²) in [5.41, 5.74) is 0.309. The second-order valence-electron chi connectivity index (χ2n) is 6.14. The first-order valence-electron chi connectivity index (χ1n) is 8.47. The Hall–Kier alpha value is -2.38. The van der Waals surface area contributed by atoms with Crippen LogP contribution in [0.3, 0.4) is 0 Å². The number of carbonyl (C=O) groups excluding carboxylic acids is 2. The van der Waals surface area contributed by atoms with Crippen LogP contribution in [0.15, 0.2) is 12.4 Å². The lowest BCUT2D eigenvalue weighted by atomic mass is 10.1. The molecule has 0 bridgehead atoms. The highest BCUT2D eigenvalue weighted by Crippen LogP contribution is 2.23. The molecule has 0 unspecified atom stereocenters. The fourth-order valence-electron chi connectivity index (χ4n) is 2.64. The van der Waals surface area contributed by atoms with E-state index >= 15 is 0 Å². The molecule has 2 aliphatic rings. The maximum atomic E-state index is 12.2. The average molecular weight is 333 g/mol. The molecule has 1 aliphatic heterocycles. The van der Waals surface area contributed by atoms with E-state index in [9.17, 15) is 9.59 Å². The largest absolute Gasteiger partial charge is 0.450 e. The topological polar surface area (TPSA) is 96.5 Å². The van der Waals surface area contributed by atoms with Gasteiger partial charge in [-0.05, 0) is 32.6 Å². The van der Waals surface area contributed by atoms with Gasteiger partial charge in [-0.1, -0.05) is 0 Å². The van der Waals surface area contributed by atoms with Gasteiger partial charge in [0.2, 0.25) is 0 Å². The molecular formula is C16H23N5O3. The monoisotopic (exact) mass is 333 g/mol. The van der Waals surface area contributed by atoms with Crippen LogP contribution >= 0.6 is 0 Å². The van der Waals surface area contributed by atoms with Gasteiger partial charge in [-0.25, -0.2) is 14.8 Å². The van der Waals surface area contributed by atoms with Crippen LogP contribution in [0.1, 0.15) is 43.1 Å². The summed E-state index contributed by atoms with van der Waals surface area (Å²) < 4.78 is 4.99. The summed E-state index contributed by atoms with van der Waals surface area (Å²) in [6, 6.07) is 0.540. The normalized spacial score (nSPS) is 18.1. The van der Waals surface area contributed by atoms with Gasteiger partial charge < -0.3 is 20.3 Å². The predicted molar refractivity (Wildman–Crippen MR) is 87.8 cm³/mol. The average Bonchev–Trinajstić information content (AvgIpc) is 3.40. The Morgan fingerprint density at radius 2 is 1.92 bits per heavy atom. The molecule has 130 valence electrons. The van der Waals surface area contributed by atoms with Gasteiger partial charge in [0.25, 0.3) is 5.91 Å². The number of nitrogens with zero attached hydrogens (tertiary/aromatic N) is 3. The molecule has 1 saturated heterocycles. The van der Waals surface area contributed by atoms with E-state index in [1.54, 1.807) is 18.0 Å². The van der Waals surface area contributed by atoms with Crippen LogP contribution in [0, 0.1) is 0 Å². The van der Waals surface area contributed by atoms with E-state index in [0.29, 0.717) is 50.1 Å². The zero-order valence-corrected chi connectivity index (χ0v) is 13.8. The molecular weight excluding hydrogens is 310 g/mol. The summed E-state index contributed by atoms with van der Waals surface area (Å²) in [5.74, 6) is 0.479. The Bertz CT molecular complexity index is 580. The Morgan fingerprint density at radius 3 is 2.50 bits per heavy atom. The number of piperidine rings is 1. The van der Waals surface area contributed by atoms with Crippen molar-refractivity contribution in [3.8, 4) is 0 Å². The molecule has 1 aromatic rings. The molecule has 1 aliphatic carbocycles. The van der Waals surface area contributed by atoms with Gasteiger partial charge in [0, 0.05) is 25.2 Å². The zero-order valence-electron chi connectivity index (χ0n) is 13.8. The molecule has 2 heterocycles. The lowest BCUT2D eigenvalue weighted by Crippen LogP contribution is -2.46. The second kappa shape index (κ2) is 7.46. The van der Waals surface area contributed by atoms with Crippen LogP contribution < -0.4 is 10.6 Å². The van der Waals surface area contributed by atoms with Gasteiger partial charge in [0.15, 0.2) is 0 Å². The summed E-state index contributed by atoms with van der Waals surface area (Å²) in [6.45, 7) is 3.33. The summed E-state index contributed by atoms with van der Waals surface area (Å²) in [4.78, 5) is 34.0. The molecule has 3 rings (SSSR count). The van der Waals surface area contributed by atoms with Crippen molar-refractivity contribution in [2.45, 2.75) is 44.7 Å². The van der Waals surface area contributed by atoms with E-state index < -0.39 is 0 Å². The highest BCUT2D eigenvalue weighted by atomic mass is 16.6. The molecule has 2 amide bonds. The van der Waals surface area contributed by atoms with Crippen molar-refractivity contribution < 1.29 is 14.3 Å². The maximum Gasteiger partial charge on any atom is 0.409 e. The number of likely N-dealkylation sites (tertiary alicyclic amines) is 1. The smallest absolute Gasteiger partial charge is 0.409 e. The van der Waals surface area contributed by atoms with Crippen LogP contribution in [0.4, 0.5) is 10.6 Å². The molecule has 0 spiro atoms. The van der Waals surface area contributed by atoms with E-state index in [0.717, 1.165) is 12.8 Å². The minimum atomic E-state index is -0.285. The third-order valence-electron chi connectivity index (χ3n) is 4.17. The number of hydrogen-bond donors (Lipinski definition) is 2. The van der Waals surface area contributed by atoms with E-state index in [2.05, 4.69) is 20.6 Å². The van der Waals surface area contributed by atoms with Gasteiger partial charge in [0.1, 0.15) is 11.5 Å². The van der Waals surface area contributed by atoms with E-state index in [1.807, 2.05) is 0 Å². The number of carbonyl (C=O) groups is 2. The SMILES string of the molecule is CCOC(=O)N1CCC(NC(=O)c2cnc(NC3CC3)cn2)CC1. The number of nitrogens with one attached hydrogen (secondary N) is 2. The second-order valence-corrected chi connectivity index (χ2v) is 6.14. The standard InChI is InChI=1S/C16H23N5O3/c1-2-24-16(23)21-7-5-12(6-8-21)20-15(22)13-9-18-14(10-17-13)19-11-3-4-11/h9-12H,2-8H2,1H3,(H,18,19)(H,20,22). The van der Waals surface area contributed by atoms with Crippen molar-refractivity contribution in [1.29, 1.82) is 0 Å². The number of ether oxygens (including phenoxy) is 1. The molecule has 0 atom stereocenters. The third-order valence-corrected chi connectivity index (χ3v) is 4.17. The van der Waals surface area contributed by atoms with Crippen LogP contribution in [0.2, 0.25) is 0 Å². The first-order chi connectivity index (χ1) is 11.7. The molecule has 2 fully saturated rings. The fourth-order valence-corrected chi connectivity index (χ4v) is 2.64. The van der Waals surface area contributed by atoms with Crippen molar-refractivity contribution in [3.63, 3.8) is 0 Å². The van der Waals surface area contributed by atoms with Gasteiger partial charge in [0.05, 0.1) is 19.0 Å². The quantitative estimate of drug-likeness (QED) is 0.845. The summed E-state index contributed by atoms with van der Waals surface area (Å²) in [7, 11) is 0. The van der Waals surface area contributed by atoms with E-state index in [1.165, 1.54) is 6.20 Å². The third kappa shape index (κ3) is 4.33. The molecule has 2 N–H and O–H groups in total. The molecule has 0 aromatic carbocycles. The first kappa shape index (κ1) is 16.5. The van der Waals surface area contributed by atoms with Crippen LogP contribution in [-0.4, -0.2) is 58.6 Å². The number of anilines is 1. The number of rotatable bonds is 5. The Kier molecular flexibility index (Phi) is 5.12. The van der Waals surface area contributed by atoms with Gasteiger partial charge in [-0.3, -0.25) is 4.79 Å². The van der Waals surface area contributed by atoms with E-state index in [-0.39, 0.29) is 18.0 Å². The summed E-state index contributed by atoms with van der Waals surface area (Å²) >= 11 is 0. The molecule has 0 radical (unpaired) electrons. The lowest BCUT2D eigenvalue weighted by molar-refractivity contribution is 0.0856. The van der Waals surface area contributed by atoms with Gasteiger partial charge in [-0.15, -0.1) is 0 Å². The lowest BCUT2D eigenvalue weighted by Gasteiger charge is -2.31. The van der Waals surface area contributed by atoms with Crippen molar-refractivity contribution in [1.82, 2.24) is 20.2 Å². The van der Waals surface area contributed by atoms with Crippen LogP contribution in [-0.2, 0) is 4.74 Å². The number of hydrogen-bond acceptors (Lipinski definition) is 6. The Balaban J connectivity index is 1.46. The minimum Gasteiger partial charge on any atom is -0.450 e. The maximum absolute atomic E-state index is 12.2. The summed E-state index contributed by atoms with van der Waals surface area (Å²) in [5, 5.41) is 6.19. The van der Waals surface area contributed by atoms with Crippen LogP contribution in [0.25, 0.3) is 0 Å². The van der Waals surface area contributed by atoms with E-state index in [4.69, 9.17) is 4.74 Å². The van der Waals surface area contributed by atoms with Crippen molar-refractivity contribution in [2.24, 2.45) is 0 Å². The molecule has 8 nitrogen and oxygen atoms in total. The van der Waals surface area contributed by atoms with Crippen molar-refractivity contribution in [2.75, 3.05) is 25.0 Å². The number of aromatic nitrogens is 2. The summed E-state index contributed by atoms with van der Waals surface area (Å²) in [6.07, 6.45) is 6.54. The van der Waals surface area contributed by atoms with Gasteiger partial charge in [-0.2, -0.15) is 0 Å². The van der Waals surface area contributed by atoms with Gasteiger partial charge >= 0.3 is 6.09 Å². The predicted octanol–water partition coefficient (Wildman–Crippen LogP) is 1.40. The van der Waals surface area contributed by atoms with Crippen molar-refractivity contribution in [3.05, 3.63) is 18.1 Å². The molecule has 8 heteroatoms. The fraction of sp³-hybridized carbons (Fsp3) is 0.625. The van der Waals surface area contributed by atoms with Crippen molar-refractivity contribution >= 4 is 17.8 Å². The molecule has 1 saturated carbocycles. The van der Waals surface area contributed by atoms with Crippen LogP contribution in [0.5, 0.6) is 0 Å². The highest BCUT2D eigenvalue weighted by Gasteiger charge is 2.25. The number of amides is 2. The minimum absolute atomic E-state index is 0.0363. The molecule has 1 aromatic heterocycles. The first-order valence-corrected chi connectivity index (χ1v) is 8.47.